The van der Waals surface area contributed by atoms with E-state index in [0.717, 1.165) is 32.4 Å². The van der Waals surface area contributed by atoms with E-state index in [0.29, 0.717) is 0 Å². The summed E-state index contributed by atoms with van der Waals surface area (Å²) in [6, 6.07) is 0. The van der Waals surface area contributed by atoms with E-state index in [1.807, 2.05) is 13.8 Å². The minimum atomic E-state index is -0.641. The van der Waals surface area contributed by atoms with Gasteiger partial charge < -0.3 is 5.11 Å². The molecule has 3 heteroatoms. The van der Waals surface area contributed by atoms with E-state index in [9.17, 15) is 4.79 Å². The van der Waals surface area contributed by atoms with Crippen LogP contribution in [0, 0.1) is 0 Å². The van der Waals surface area contributed by atoms with Crippen LogP contribution in [0.5, 0.6) is 0 Å². The molecule has 0 unspecified atom stereocenters. The summed E-state index contributed by atoms with van der Waals surface area (Å²) in [5.74, 6) is -0.641. The molecule has 70 valence electrons. The molecule has 1 fully saturated rings. The molecule has 0 aromatic carbocycles. The summed E-state index contributed by atoms with van der Waals surface area (Å²) in [7, 11) is 0. The minimum Gasteiger partial charge on any atom is -0.480 e. The Morgan fingerprint density at radius 2 is 1.92 bits per heavy atom. The second-order valence-corrected chi connectivity index (χ2v) is 3.36. The highest BCUT2D eigenvalue weighted by Crippen LogP contribution is 2.37. The lowest BCUT2D eigenvalue weighted by molar-refractivity contribution is -0.158. The molecule has 0 spiro atoms. The molecule has 0 heterocycles. The van der Waals surface area contributed by atoms with Crippen LogP contribution >= 0.6 is 0 Å². The molecule has 0 aromatic heterocycles. The molecule has 0 amide bonds. The van der Waals surface area contributed by atoms with Crippen molar-refractivity contribution in [3.8, 4) is 0 Å². The van der Waals surface area contributed by atoms with Gasteiger partial charge in [0.25, 0.3) is 0 Å². The van der Waals surface area contributed by atoms with Gasteiger partial charge >= 0.3 is 5.97 Å². The summed E-state index contributed by atoms with van der Waals surface area (Å²) < 4.78 is 0. The summed E-state index contributed by atoms with van der Waals surface area (Å²) >= 11 is 0. The van der Waals surface area contributed by atoms with Gasteiger partial charge in [-0.3, -0.25) is 9.69 Å². The van der Waals surface area contributed by atoms with Gasteiger partial charge in [-0.2, -0.15) is 0 Å². The maximum atomic E-state index is 11.0. The Hall–Kier alpha value is -0.570. The lowest BCUT2D eigenvalue weighted by atomic mass is 9.75. The standard InChI is InChI=1S/C9H17NO2/c1-3-10(4-2)9(8(11)12)6-5-7-9/h3-7H2,1-2H3,(H,11,12). The van der Waals surface area contributed by atoms with Gasteiger partial charge in [-0.1, -0.05) is 13.8 Å². The van der Waals surface area contributed by atoms with Crippen molar-refractivity contribution in [3.63, 3.8) is 0 Å². The van der Waals surface area contributed by atoms with Crippen molar-refractivity contribution >= 4 is 5.97 Å². The van der Waals surface area contributed by atoms with Crippen LogP contribution in [0.4, 0.5) is 0 Å². The number of carboxylic acid groups (broad SMARTS) is 1. The fourth-order valence-electron chi connectivity index (χ4n) is 2.01. The predicted octanol–water partition coefficient (Wildman–Crippen LogP) is 1.34. The van der Waals surface area contributed by atoms with Crippen LogP contribution in [0.15, 0.2) is 0 Å². The Morgan fingerprint density at radius 3 is 2.00 bits per heavy atom. The predicted molar refractivity (Wildman–Crippen MR) is 47.1 cm³/mol. The molecular weight excluding hydrogens is 154 g/mol. The maximum absolute atomic E-state index is 11.0. The highest BCUT2D eigenvalue weighted by Gasteiger charge is 2.47. The van der Waals surface area contributed by atoms with Crippen LogP contribution in [0.3, 0.4) is 0 Å². The number of rotatable bonds is 4. The van der Waals surface area contributed by atoms with Crippen molar-refractivity contribution in [1.82, 2.24) is 4.90 Å². The Balaban J connectivity index is 2.71. The number of nitrogens with zero attached hydrogens (tertiary/aromatic N) is 1. The zero-order chi connectivity index (χ0) is 9.19. The molecule has 0 saturated heterocycles. The van der Waals surface area contributed by atoms with E-state index < -0.39 is 11.5 Å². The third-order valence-electron chi connectivity index (χ3n) is 2.95. The highest BCUT2D eigenvalue weighted by atomic mass is 16.4. The lowest BCUT2D eigenvalue weighted by Crippen LogP contribution is -2.59. The average molecular weight is 171 g/mol. The van der Waals surface area contributed by atoms with Crippen molar-refractivity contribution in [1.29, 1.82) is 0 Å². The van der Waals surface area contributed by atoms with Crippen LogP contribution < -0.4 is 0 Å². The molecular formula is C9H17NO2. The van der Waals surface area contributed by atoms with Crippen molar-refractivity contribution < 1.29 is 9.90 Å². The molecule has 0 aliphatic heterocycles. The first-order valence-electron chi connectivity index (χ1n) is 4.66. The van der Waals surface area contributed by atoms with Crippen LogP contribution in [-0.2, 0) is 4.79 Å². The molecule has 12 heavy (non-hydrogen) atoms. The molecule has 0 bridgehead atoms. The quantitative estimate of drug-likeness (QED) is 0.693. The summed E-state index contributed by atoms with van der Waals surface area (Å²) in [5.41, 5.74) is -0.510. The molecule has 1 saturated carbocycles. The Morgan fingerprint density at radius 1 is 1.42 bits per heavy atom. The summed E-state index contributed by atoms with van der Waals surface area (Å²) in [6.45, 7) is 5.71. The van der Waals surface area contributed by atoms with Crippen molar-refractivity contribution in [2.75, 3.05) is 13.1 Å². The SMILES string of the molecule is CCN(CC)C1(C(=O)O)CCC1. The van der Waals surface area contributed by atoms with E-state index in [1.54, 1.807) is 0 Å². The first-order chi connectivity index (χ1) is 5.67. The summed E-state index contributed by atoms with van der Waals surface area (Å²) in [4.78, 5) is 13.1. The van der Waals surface area contributed by atoms with E-state index in [-0.39, 0.29) is 0 Å². The number of aliphatic carboxylic acids is 1. The Labute approximate surface area is 73.4 Å². The maximum Gasteiger partial charge on any atom is 0.324 e. The fourth-order valence-corrected chi connectivity index (χ4v) is 2.01. The normalized spacial score (nSPS) is 20.6. The van der Waals surface area contributed by atoms with Gasteiger partial charge in [0.1, 0.15) is 5.54 Å². The molecule has 1 rings (SSSR count). The molecule has 1 aliphatic carbocycles. The van der Waals surface area contributed by atoms with Gasteiger partial charge in [-0.05, 0) is 32.4 Å². The largest absolute Gasteiger partial charge is 0.480 e. The van der Waals surface area contributed by atoms with Crippen molar-refractivity contribution in [3.05, 3.63) is 0 Å². The van der Waals surface area contributed by atoms with E-state index in [1.165, 1.54) is 0 Å². The number of hydrogen-bond acceptors (Lipinski definition) is 2. The van der Waals surface area contributed by atoms with Crippen LogP contribution in [0.2, 0.25) is 0 Å². The van der Waals surface area contributed by atoms with E-state index in [2.05, 4.69) is 4.90 Å². The number of carbonyl (C=O) groups is 1. The molecule has 3 nitrogen and oxygen atoms in total. The molecule has 0 aromatic rings. The monoisotopic (exact) mass is 171 g/mol. The van der Waals surface area contributed by atoms with Gasteiger partial charge in [0, 0.05) is 0 Å². The fraction of sp³-hybridized carbons (Fsp3) is 0.889. The third kappa shape index (κ3) is 1.22. The van der Waals surface area contributed by atoms with Crippen LogP contribution in [0.1, 0.15) is 33.1 Å². The van der Waals surface area contributed by atoms with Crippen molar-refractivity contribution in [2.24, 2.45) is 0 Å². The highest BCUT2D eigenvalue weighted by molar-refractivity contribution is 5.80. The second kappa shape index (κ2) is 3.44. The second-order valence-electron chi connectivity index (χ2n) is 3.36. The van der Waals surface area contributed by atoms with E-state index >= 15 is 0 Å². The Kier molecular flexibility index (Phi) is 2.73. The molecule has 1 aliphatic rings. The zero-order valence-electron chi connectivity index (χ0n) is 7.84. The van der Waals surface area contributed by atoms with Gasteiger partial charge in [0.15, 0.2) is 0 Å². The third-order valence-corrected chi connectivity index (χ3v) is 2.95. The number of likely N-dealkylation sites (N-methyl/N-ethyl adjacent to an activating group) is 1. The lowest BCUT2D eigenvalue weighted by Gasteiger charge is -2.46. The topological polar surface area (TPSA) is 40.5 Å². The smallest absolute Gasteiger partial charge is 0.324 e. The molecule has 0 atom stereocenters. The summed E-state index contributed by atoms with van der Waals surface area (Å²) in [5, 5.41) is 9.07. The first-order valence-corrected chi connectivity index (χ1v) is 4.66. The Bertz CT molecular complexity index is 171. The average Bonchev–Trinajstić information content (AvgIpc) is 1.95. The van der Waals surface area contributed by atoms with Crippen LogP contribution in [0.25, 0.3) is 0 Å². The minimum absolute atomic E-state index is 0.510. The molecule has 1 N–H and O–H groups in total. The summed E-state index contributed by atoms with van der Waals surface area (Å²) in [6.07, 6.45) is 2.71. The van der Waals surface area contributed by atoms with Gasteiger partial charge in [0.05, 0.1) is 0 Å². The molecule has 0 radical (unpaired) electrons. The first kappa shape index (κ1) is 9.52. The zero-order valence-corrected chi connectivity index (χ0v) is 7.84. The number of hydrogen-bond donors (Lipinski definition) is 1. The van der Waals surface area contributed by atoms with Crippen molar-refractivity contribution in [2.45, 2.75) is 38.6 Å². The van der Waals surface area contributed by atoms with Gasteiger partial charge in [-0.15, -0.1) is 0 Å². The van der Waals surface area contributed by atoms with Crippen LogP contribution in [-0.4, -0.2) is 34.6 Å². The van der Waals surface area contributed by atoms with Gasteiger partial charge in [-0.25, -0.2) is 0 Å². The van der Waals surface area contributed by atoms with Gasteiger partial charge in [0.2, 0.25) is 0 Å². The number of carboxylic acids is 1. The van der Waals surface area contributed by atoms with E-state index in [4.69, 9.17) is 5.11 Å².